The summed E-state index contributed by atoms with van der Waals surface area (Å²) in [5, 5.41) is 3.80. The first kappa shape index (κ1) is 26.3. The largest absolute Gasteiger partial charge is 0.486 e. The second-order valence-electron chi connectivity index (χ2n) is 9.30. The molecule has 1 fully saturated rings. The van der Waals surface area contributed by atoms with Crippen LogP contribution in [-0.4, -0.2) is 49.9 Å². The minimum atomic E-state index is -4.63. The molecule has 3 heterocycles. The number of alkyl halides is 3. The van der Waals surface area contributed by atoms with Gasteiger partial charge in [-0.2, -0.15) is 13.2 Å². The highest BCUT2D eigenvalue weighted by molar-refractivity contribution is 5.96. The first-order valence-corrected chi connectivity index (χ1v) is 12.2. The molecule has 12 heteroatoms. The number of benzene rings is 2. The summed E-state index contributed by atoms with van der Waals surface area (Å²) >= 11 is 0. The molecular formula is C27H24F4N6O2. The molecule has 0 radical (unpaired) electrons. The third kappa shape index (κ3) is 5.74. The molecule has 8 nitrogen and oxygen atoms in total. The fraction of sp³-hybridized carbons (Fsp3) is 0.296. The zero-order valence-corrected chi connectivity index (χ0v) is 21.0. The lowest BCUT2D eigenvalue weighted by Gasteiger charge is -2.20. The predicted molar refractivity (Wildman–Crippen MR) is 135 cm³/mol. The molecule has 4 aromatic rings. The third-order valence-corrected chi connectivity index (χ3v) is 6.54. The van der Waals surface area contributed by atoms with E-state index in [1.807, 2.05) is 12.1 Å². The Hall–Kier alpha value is -4.35. The number of carbonyl (C=O) groups is 1. The van der Waals surface area contributed by atoms with Crippen molar-refractivity contribution in [3.05, 3.63) is 72.3 Å². The van der Waals surface area contributed by atoms with Crippen LogP contribution in [0.15, 0.2) is 55.1 Å². The average Bonchev–Trinajstić information content (AvgIpc) is 3.38. The van der Waals surface area contributed by atoms with E-state index >= 15 is 0 Å². The molecular weight excluding hydrogens is 516 g/mol. The Balaban J connectivity index is 1.52. The van der Waals surface area contributed by atoms with Gasteiger partial charge in [-0.15, -0.1) is 0 Å². The van der Waals surface area contributed by atoms with Crippen molar-refractivity contribution in [3.8, 4) is 16.9 Å². The minimum absolute atomic E-state index is 0.0268. The van der Waals surface area contributed by atoms with Crippen molar-refractivity contribution < 1.29 is 27.1 Å². The molecule has 2 aromatic heterocycles. The number of nitrogens with one attached hydrogen (secondary N) is 1. The Morgan fingerprint density at radius 3 is 2.44 bits per heavy atom. The quantitative estimate of drug-likeness (QED) is 0.327. The zero-order valence-electron chi connectivity index (χ0n) is 21.0. The smallest absolute Gasteiger partial charge is 0.451 e. The van der Waals surface area contributed by atoms with Crippen molar-refractivity contribution in [1.29, 1.82) is 0 Å². The topological polar surface area (TPSA) is 93.1 Å². The molecule has 0 unspecified atom stereocenters. The molecule has 1 aliphatic rings. The molecule has 1 N–H and O–H groups in total. The van der Waals surface area contributed by atoms with E-state index < -0.39 is 18.0 Å². The molecule has 1 saturated heterocycles. The van der Waals surface area contributed by atoms with Gasteiger partial charge >= 0.3 is 6.18 Å². The maximum Gasteiger partial charge on any atom is 0.451 e. The summed E-state index contributed by atoms with van der Waals surface area (Å²) in [6.45, 7) is 4.29. The zero-order chi connectivity index (χ0) is 27.7. The van der Waals surface area contributed by atoms with Crippen molar-refractivity contribution in [2.75, 3.05) is 18.4 Å². The molecule has 1 amide bonds. The van der Waals surface area contributed by atoms with Crippen LogP contribution in [0.25, 0.3) is 22.0 Å². The van der Waals surface area contributed by atoms with Gasteiger partial charge in [0, 0.05) is 43.2 Å². The lowest BCUT2D eigenvalue weighted by Crippen LogP contribution is -2.28. The van der Waals surface area contributed by atoms with Crippen molar-refractivity contribution in [2.24, 2.45) is 0 Å². The summed E-state index contributed by atoms with van der Waals surface area (Å²) < 4.78 is 58.6. The van der Waals surface area contributed by atoms with Crippen LogP contribution < -0.4 is 10.1 Å². The number of likely N-dealkylation sites (tertiary alicyclic amines) is 1. The van der Waals surface area contributed by atoms with Gasteiger partial charge in [-0.3, -0.25) is 4.79 Å². The van der Waals surface area contributed by atoms with Crippen LogP contribution in [0.5, 0.6) is 5.75 Å². The number of ether oxygens (including phenoxy) is 1. The molecule has 5 rings (SSSR count). The highest BCUT2D eigenvalue weighted by Gasteiger charge is 2.34. The number of amides is 1. The van der Waals surface area contributed by atoms with E-state index in [-0.39, 0.29) is 17.8 Å². The molecule has 0 bridgehead atoms. The van der Waals surface area contributed by atoms with Gasteiger partial charge in [0.05, 0.1) is 12.6 Å². The first-order valence-electron chi connectivity index (χ1n) is 12.2. The number of aromatic nitrogens is 4. The first-order chi connectivity index (χ1) is 18.6. The van der Waals surface area contributed by atoms with E-state index in [1.54, 1.807) is 24.0 Å². The molecule has 2 aromatic carbocycles. The van der Waals surface area contributed by atoms with Crippen LogP contribution >= 0.6 is 0 Å². The van der Waals surface area contributed by atoms with Gasteiger partial charge in [0.1, 0.15) is 35.3 Å². The number of anilines is 1. The second-order valence-corrected chi connectivity index (χ2v) is 9.30. The van der Waals surface area contributed by atoms with Crippen LogP contribution in [0.4, 0.5) is 23.4 Å². The highest BCUT2D eigenvalue weighted by atomic mass is 19.4. The average molecular weight is 541 g/mol. The van der Waals surface area contributed by atoms with Crippen molar-refractivity contribution >= 4 is 22.6 Å². The second kappa shape index (κ2) is 10.4. The summed E-state index contributed by atoms with van der Waals surface area (Å²) in [5.41, 5.74) is 2.40. The van der Waals surface area contributed by atoms with E-state index in [0.29, 0.717) is 47.5 Å². The maximum atomic E-state index is 13.6. The number of hydrogen-bond donors (Lipinski definition) is 1. The fourth-order valence-electron chi connectivity index (χ4n) is 4.44. The predicted octanol–water partition coefficient (Wildman–Crippen LogP) is 5.42. The minimum Gasteiger partial charge on any atom is -0.486 e. The molecule has 2 atom stereocenters. The van der Waals surface area contributed by atoms with Gasteiger partial charge in [0.2, 0.25) is 11.7 Å². The van der Waals surface area contributed by atoms with Crippen LogP contribution in [0, 0.1) is 5.82 Å². The van der Waals surface area contributed by atoms with E-state index in [1.165, 1.54) is 25.4 Å². The summed E-state index contributed by atoms with van der Waals surface area (Å²) in [6.07, 6.45) is -0.613. The molecule has 202 valence electrons. The van der Waals surface area contributed by atoms with E-state index in [9.17, 15) is 22.4 Å². The number of nitrogens with zero attached hydrogens (tertiary/aromatic N) is 5. The van der Waals surface area contributed by atoms with E-state index in [4.69, 9.17) is 4.74 Å². The SMILES string of the molecule is CC(=O)N1CC[C@@H](Oc2cc(-c3ccc(F)cc3)cc3c(N[C@H](C)c4cnc(C(F)(F)F)nc4)ncnc23)C1. The Labute approximate surface area is 221 Å². The van der Waals surface area contributed by atoms with E-state index in [2.05, 4.69) is 25.3 Å². The number of fused-ring (bicyclic) bond motifs is 1. The third-order valence-electron chi connectivity index (χ3n) is 6.54. The highest BCUT2D eigenvalue weighted by Crippen LogP contribution is 2.36. The van der Waals surface area contributed by atoms with Crippen LogP contribution in [0.3, 0.4) is 0 Å². The lowest BCUT2D eigenvalue weighted by molar-refractivity contribution is -0.145. The van der Waals surface area contributed by atoms with Crippen LogP contribution in [0.1, 0.15) is 37.7 Å². The molecule has 0 spiro atoms. The normalized spacial score (nSPS) is 16.4. The number of rotatable bonds is 6. The number of carbonyl (C=O) groups excluding carboxylic acids is 1. The summed E-state index contributed by atoms with van der Waals surface area (Å²) in [4.78, 5) is 29.2. The van der Waals surface area contributed by atoms with Gasteiger partial charge in [-0.25, -0.2) is 24.3 Å². The van der Waals surface area contributed by atoms with Gasteiger partial charge in [0.15, 0.2) is 0 Å². The number of hydrogen-bond acceptors (Lipinski definition) is 7. The van der Waals surface area contributed by atoms with Gasteiger partial charge in [0.25, 0.3) is 0 Å². The van der Waals surface area contributed by atoms with Gasteiger partial charge in [-0.05, 0) is 42.3 Å². The molecule has 0 saturated carbocycles. The molecule has 1 aliphatic heterocycles. The molecule has 0 aliphatic carbocycles. The molecule has 39 heavy (non-hydrogen) atoms. The van der Waals surface area contributed by atoms with Crippen molar-refractivity contribution in [1.82, 2.24) is 24.8 Å². The Morgan fingerprint density at radius 2 is 1.79 bits per heavy atom. The Bertz CT molecular complexity index is 1500. The fourth-order valence-corrected chi connectivity index (χ4v) is 4.44. The Morgan fingerprint density at radius 1 is 1.08 bits per heavy atom. The maximum absolute atomic E-state index is 13.6. The number of halogens is 4. The lowest BCUT2D eigenvalue weighted by atomic mass is 10.0. The monoisotopic (exact) mass is 540 g/mol. The van der Waals surface area contributed by atoms with Crippen molar-refractivity contribution in [3.63, 3.8) is 0 Å². The van der Waals surface area contributed by atoms with Crippen LogP contribution in [0.2, 0.25) is 0 Å². The standard InChI is InChI=1S/C27H24F4N6O2/c1-15(19-11-32-26(33-12-19)27(29,30)31)36-25-22-9-18(17-3-5-20(28)6-4-17)10-23(24(22)34-14-35-25)39-21-7-8-37(13-21)16(2)38/h3-6,9-12,14-15,21H,7-8,13H2,1-2H3,(H,34,35,36)/t15-,21-/m1/s1. The summed E-state index contributed by atoms with van der Waals surface area (Å²) in [7, 11) is 0. The van der Waals surface area contributed by atoms with Gasteiger partial charge in [-0.1, -0.05) is 12.1 Å². The Kier molecular flexibility index (Phi) is 7.02. The van der Waals surface area contributed by atoms with Crippen molar-refractivity contribution in [2.45, 2.75) is 38.6 Å². The summed E-state index contributed by atoms with van der Waals surface area (Å²) in [5.74, 6) is -0.728. The van der Waals surface area contributed by atoms with Crippen LogP contribution in [-0.2, 0) is 11.0 Å². The van der Waals surface area contributed by atoms with E-state index in [0.717, 1.165) is 23.5 Å². The van der Waals surface area contributed by atoms with Gasteiger partial charge < -0.3 is 15.0 Å². The summed E-state index contributed by atoms with van der Waals surface area (Å²) in [6, 6.07) is 9.16.